The Morgan fingerprint density at radius 3 is 2.38 bits per heavy atom. The summed E-state index contributed by atoms with van der Waals surface area (Å²) in [6.45, 7) is 0.475. The Labute approximate surface area is 208 Å². The van der Waals surface area contributed by atoms with Gasteiger partial charge < -0.3 is 4.57 Å². The summed E-state index contributed by atoms with van der Waals surface area (Å²) >= 11 is 14.9. The fraction of sp³-hybridized carbons (Fsp3) is 0.0400. The maximum atomic E-state index is 13.4. The van der Waals surface area contributed by atoms with Crippen LogP contribution in [0.15, 0.2) is 89.9 Å². The molecule has 0 atom stereocenters. The lowest BCUT2D eigenvalue weighted by atomic mass is 10.1. The third-order valence-corrected chi connectivity index (χ3v) is 6.51. The molecular weight excluding hydrogens is 556 g/mol. The fourth-order valence-corrected chi connectivity index (χ4v) is 4.58. The van der Waals surface area contributed by atoms with E-state index in [2.05, 4.69) is 22.6 Å². The molecule has 0 aliphatic carbocycles. The van der Waals surface area contributed by atoms with Gasteiger partial charge in [0.05, 0.1) is 22.9 Å². The van der Waals surface area contributed by atoms with Gasteiger partial charge in [-0.3, -0.25) is 4.79 Å². The molecule has 3 aromatic carbocycles. The van der Waals surface area contributed by atoms with Crippen molar-refractivity contribution in [3.63, 3.8) is 0 Å². The van der Waals surface area contributed by atoms with Gasteiger partial charge in [-0.1, -0.05) is 65.7 Å². The number of fused-ring (bicyclic) bond motifs is 1. The third kappa shape index (κ3) is 3.96. The normalized spacial score (nSPS) is 11.2. The molecule has 0 amide bonds. The summed E-state index contributed by atoms with van der Waals surface area (Å²) in [7, 11) is 0. The zero-order chi connectivity index (χ0) is 22.2. The van der Waals surface area contributed by atoms with E-state index in [1.807, 2.05) is 72.9 Å². The molecule has 2 aromatic heterocycles. The van der Waals surface area contributed by atoms with Gasteiger partial charge in [0.2, 0.25) is 0 Å². The summed E-state index contributed by atoms with van der Waals surface area (Å²) in [6.07, 6.45) is 1.82. The van der Waals surface area contributed by atoms with Gasteiger partial charge >= 0.3 is 0 Å². The Morgan fingerprint density at radius 2 is 1.66 bits per heavy atom. The van der Waals surface area contributed by atoms with Gasteiger partial charge in [0, 0.05) is 25.7 Å². The van der Waals surface area contributed by atoms with E-state index in [-0.39, 0.29) is 5.56 Å². The van der Waals surface area contributed by atoms with Gasteiger partial charge in [-0.25, -0.2) is 4.68 Å². The Morgan fingerprint density at radius 1 is 0.906 bits per heavy atom. The van der Waals surface area contributed by atoms with E-state index in [4.69, 9.17) is 28.3 Å². The molecule has 0 bridgehead atoms. The molecule has 32 heavy (non-hydrogen) atoms. The highest BCUT2D eigenvalue weighted by Crippen LogP contribution is 2.33. The molecule has 7 heteroatoms. The number of pyridine rings is 1. The van der Waals surface area contributed by atoms with E-state index in [1.165, 1.54) is 0 Å². The van der Waals surface area contributed by atoms with Crippen molar-refractivity contribution < 1.29 is 0 Å². The number of aromatic nitrogens is 3. The second kappa shape index (κ2) is 8.73. The van der Waals surface area contributed by atoms with Crippen molar-refractivity contribution in [3.8, 4) is 16.9 Å². The largest absolute Gasteiger partial charge is 0.309 e. The molecule has 5 aromatic rings. The molecule has 4 nitrogen and oxygen atoms in total. The van der Waals surface area contributed by atoms with Crippen LogP contribution in [0.25, 0.3) is 27.8 Å². The van der Waals surface area contributed by atoms with Crippen LogP contribution in [0.5, 0.6) is 0 Å². The molecule has 0 aliphatic heterocycles. The van der Waals surface area contributed by atoms with Crippen molar-refractivity contribution in [2.24, 2.45) is 0 Å². The molecule has 5 rings (SSSR count). The third-order valence-electron chi connectivity index (χ3n) is 5.26. The van der Waals surface area contributed by atoms with Gasteiger partial charge in [-0.15, -0.1) is 0 Å². The van der Waals surface area contributed by atoms with E-state index >= 15 is 0 Å². The summed E-state index contributed by atoms with van der Waals surface area (Å²) in [5, 5.41) is 6.50. The monoisotopic (exact) mass is 571 g/mol. The second-order valence-electron chi connectivity index (χ2n) is 7.36. The number of rotatable bonds is 4. The Hall–Kier alpha value is -2.61. The quantitative estimate of drug-likeness (QED) is 0.222. The van der Waals surface area contributed by atoms with Crippen LogP contribution < -0.4 is 5.56 Å². The van der Waals surface area contributed by atoms with Crippen LogP contribution in [0.1, 0.15) is 5.56 Å². The lowest BCUT2D eigenvalue weighted by molar-refractivity contribution is 0.764. The zero-order valence-electron chi connectivity index (χ0n) is 16.7. The van der Waals surface area contributed by atoms with Crippen LogP contribution in [0.3, 0.4) is 0 Å². The first-order chi connectivity index (χ1) is 15.5. The summed E-state index contributed by atoms with van der Waals surface area (Å²) in [4.78, 5) is 13.4. The van der Waals surface area contributed by atoms with Crippen LogP contribution >= 0.6 is 45.8 Å². The molecule has 0 radical (unpaired) electrons. The lowest BCUT2D eigenvalue weighted by Gasteiger charge is -2.10. The number of halogens is 3. The summed E-state index contributed by atoms with van der Waals surface area (Å²) < 4.78 is 4.53. The van der Waals surface area contributed by atoms with Crippen LogP contribution in [0.4, 0.5) is 0 Å². The van der Waals surface area contributed by atoms with Crippen molar-refractivity contribution in [2.75, 3.05) is 0 Å². The Bertz CT molecular complexity index is 1490. The first kappa shape index (κ1) is 21.2. The molecule has 0 N–H and O–H groups in total. The smallest absolute Gasteiger partial charge is 0.279 e. The molecule has 0 fully saturated rings. The summed E-state index contributed by atoms with van der Waals surface area (Å²) in [5.74, 6) is 0. The average Bonchev–Trinajstić information content (AvgIpc) is 3.17. The highest BCUT2D eigenvalue weighted by Gasteiger charge is 2.19. The molecule has 2 heterocycles. The number of hydrogen-bond donors (Lipinski definition) is 0. The minimum absolute atomic E-state index is 0.151. The lowest BCUT2D eigenvalue weighted by Crippen LogP contribution is -2.20. The van der Waals surface area contributed by atoms with Crippen molar-refractivity contribution in [1.29, 1.82) is 0 Å². The minimum atomic E-state index is -0.151. The number of nitrogens with zero attached hydrogens (tertiary/aromatic N) is 3. The van der Waals surface area contributed by atoms with Crippen molar-refractivity contribution in [2.45, 2.75) is 6.54 Å². The molecule has 0 saturated carbocycles. The second-order valence-corrected chi connectivity index (χ2v) is 9.45. The number of benzene rings is 3. The van der Waals surface area contributed by atoms with E-state index in [0.29, 0.717) is 27.8 Å². The SMILES string of the molecule is O=c1c2nn(-c3ccc(Cl)cc3Cl)c(-c3ccc(I)cc3)c2ccn1Cc1ccccc1. The van der Waals surface area contributed by atoms with Gasteiger partial charge in [0.15, 0.2) is 5.52 Å². The van der Waals surface area contributed by atoms with Crippen LogP contribution in [-0.4, -0.2) is 14.3 Å². The van der Waals surface area contributed by atoms with Crippen LogP contribution in [-0.2, 0) is 6.54 Å². The fourth-order valence-electron chi connectivity index (χ4n) is 3.73. The number of hydrogen-bond acceptors (Lipinski definition) is 2. The first-order valence-corrected chi connectivity index (χ1v) is 11.7. The van der Waals surface area contributed by atoms with Gasteiger partial charge in [0.25, 0.3) is 5.56 Å². The van der Waals surface area contributed by atoms with Gasteiger partial charge in [-0.05, 0) is 64.6 Å². The predicted molar refractivity (Wildman–Crippen MR) is 139 cm³/mol. The van der Waals surface area contributed by atoms with Gasteiger partial charge in [0.1, 0.15) is 0 Å². The maximum absolute atomic E-state index is 13.4. The van der Waals surface area contributed by atoms with Crippen molar-refractivity contribution >= 4 is 56.7 Å². The molecule has 158 valence electrons. The average molecular weight is 572 g/mol. The molecule has 0 saturated heterocycles. The minimum Gasteiger partial charge on any atom is -0.309 e. The Balaban J connectivity index is 1.76. The predicted octanol–water partition coefficient (Wildman–Crippen LogP) is 6.81. The van der Waals surface area contributed by atoms with E-state index in [1.54, 1.807) is 21.4 Å². The molecular formula is C25H16Cl2IN3O. The van der Waals surface area contributed by atoms with Crippen molar-refractivity contribution in [3.05, 3.63) is 115 Å². The van der Waals surface area contributed by atoms with E-state index in [0.717, 1.165) is 25.8 Å². The zero-order valence-corrected chi connectivity index (χ0v) is 20.3. The van der Waals surface area contributed by atoms with Crippen molar-refractivity contribution in [1.82, 2.24) is 14.3 Å². The highest BCUT2D eigenvalue weighted by atomic mass is 127. The van der Waals surface area contributed by atoms with Gasteiger partial charge in [-0.2, -0.15) is 5.10 Å². The van der Waals surface area contributed by atoms with Crippen LogP contribution in [0.2, 0.25) is 10.0 Å². The first-order valence-electron chi connectivity index (χ1n) is 9.89. The molecule has 0 spiro atoms. The summed E-state index contributed by atoms with van der Waals surface area (Å²) in [6, 6.07) is 25.2. The molecule has 0 aliphatic rings. The standard InChI is InChI=1S/C25H16Cl2IN3O/c26-18-8-11-22(21(27)14-18)31-24(17-6-9-19(28)10-7-17)20-12-13-30(25(32)23(20)29-31)15-16-4-2-1-3-5-16/h1-14H,15H2. The Kier molecular flexibility index (Phi) is 5.80. The molecule has 0 unspecified atom stereocenters. The topological polar surface area (TPSA) is 39.8 Å². The highest BCUT2D eigenvalue weighted by molar-refractivity contribution is 14.1. The van der Waals surface area contributed by atoms with E-state index in [9.17, 15) is 4.79 Å². The van der Waals surface area contributed by atoms with Crippen LogP contribution in [0, 0.1) is 3.57 Å². The maximum Gasteiger partial charge on any atom is 0.279 e. The summed E-state index contributed by atoms with van der Waals surface area (Å²) in [5.41, 5.74) is 3.70. The van der Waals surface area contributed by atoms with E-state index < -0.39 is 0 Å².